The number of hydrogen-bond acceptors (Lipinski definition) is 1. The zero-order chi connectivity index (χ0) is 12.5. The molecule has 0 bridgehead atoms. The molecule has 0 spiro atoms. The first kappa shape index (κ1) is 20.4. The third-order valence-electron chi connectivity index (χ3n) is 1.97. The lowest BCUT2D eigenvalue weighted by Gasteiger charge is -2.16. The van der Waals surface area contributed by atoms with Crippen molar-refractivity contribution in [3.63, 3.8) is 0 Å². The second-order valence-corrected chi connectivity index (χ2v) is 3.44. The van der Waals surface area contributed by atoms with E-state index in [0.717, 1.165) is 0 Å². The van der Waals surface area contributed by atoms with Gasteiger partial charge >= 0.3 is 0 Å². The topological polar surface area (TPSA) is 3.24 Å². The van der Waals surface area contributed by atoms with Gasteiger partial charge in [0, 0.05) is 0 Å². The van der Waals surface area contributed by atoms with Gasteiger partial charge in [-0.3, -0.25) is 0 Å². The summed E-state index contributed by atoms with van der Waals surface area (Å²) in [5.74, 6) is 0. The van der Waals surface area contributed by atoms with Gasteiger partial charge in [0.1, 0.15) is 0 Å². The second-order valence-electron chi connectivity index (χ2n) is 3.44. The molecule has 0 amide bonds. The molecule has 0 rings (SSSR count). The first-order valence-corrected chi connectivity index (χ1v) is 6.98. The van der Waals surface area contributed by atoms with Gasteiger partial charge in [0.15, 0.2) is 0 Å². The Kier molecular flexibility index (Phi) is 32.1. The zero-order valence-electron chi connectivity index (χ0n) is 12.4. The smallest absolute Gasteiger partial charge is 0.00190 e. The van der Waals surface area contributed by atoms with E-state index in [9.17, 15) is 0 Å². The molecule has 0 aliphatic carbocycles. The first-order valence-electron chi connectivity index (χ1n) is 6.98. The van der Waals surface area contributed by atoms with Crippen LogP contribution in [0.15, 0.2) is 0 Å². The summed E-state index contributed by atoms with van der Waals surface area (Å²) in [6.07, 6.45) is 5.34. The molecular formula is C14H35N. The highest BCUT2D eigenvalue weighted by Gasteiger charge is 1.95. The summed E-state index contributed by atoms with van der Waals surface area (Å²) in [5.41, 5.74) is 0. The van der Waals surface area contributed by atoms with E-state index in [-0.39, 0.29) is 0 Å². The van der Waals surface area contributed by atoms with Gasteiger partial charge in [0.25, 0.3) is 0 Å². The first-order chi connectivity index (χ1) is 7.26. The van der Waals surface area contributed by atoms with E-state index in [1.807, 2.05) is 13.8 Å². The maximum atomic E-state index is 2.48. The van der Waals surface area contributed by atoms with Crippen molar-refractivity contribution in [1.82, 2.24) is 4.90 Å². The second kappa shape index (κ2) is 23.6. The van der Waals surface area contributed by atoms with Crippen molar-refractivity contribution >= 4 is 0 Å². The maximum absolute atomic E-state index is 2.48. The molecular weight excluding hydrogens is 182 g/mol. The summed E-state index contributed by atoms with van der Waals surface area (Å²) >= 11 is 0. The molecule has 0 N–H and O–H groups in total. The fourth-order valence-corrected chi connectivity index (χ4v) is 1.13. The van der Waals surface area contributed by atoms with Crippen molar-refractivity contribution in [3.8, 4) is 0 Å². The quantitative estimate of drug-likeness (QED) is 0.568. The van der Waals surface area contributed by atoms with Crippen LogP contribution >= 0.6 is 0 Å². The zero-order valence-corrected chi connectivity index (χ0v) is 12.4. The molecule has 15 heavy (non-hydrogen) atoms. The lowest BCUT2D eigenvalue weighted by molar-refractivity contribution is 0.296. The minimum Gasteiger partial charge on any atom is -0.304 e. The van der Waals surface area contributed by atoms with Gasteiger partial charge in [-0.1, -0.05) is 67.7 Å². The molecule has 1 heteroatoms. The predicted molar refractivity (Wildman–Crippen MR) is 74.6 cm³/mol. The van der Waals surface area contributed by atoms with Crippen molar-refractivity contribution in [2.45, 2.75) is 74.1 Å². The van der Waals surface area contributed by atoms with Gasteiger partial charge in [-0.25, -0.2) is 0 Å². The molecule has 0 fully saturated rings. The van der Waals surface area contributed by atoms with Crippen LogP contribution in [0.5, 0.6) is 0 Å². The van der Waals surface area contributed by atoms with Crippen LogP contribution in [0.2, 0.25) is 0 Å². The minimum absolute atomic E-state index is 1.21. The van der Waals surface area contributed by atoms with E-state index < -0.39 is 0 Å². The molecule has 0 radical (unpaired) electrons. The van der Waals surface area contributed by atoms with Crippen LogP contribution in [-0.4, -0.2) is 24.5 Å². The van der Waals surface area contributed by atoms with Gasteiger partial charge in [-0.15, -0.1) is 0 Å². The van der Waals surface area contributed by atoms with E-state index in [2.05, 4.69) is 39.5 Å². The highest BCUT2D eigenvalue weighted by Crippen LogP contribution is 1.96. The summed E-state index contributed by atoms with van der Waals surface area (Å²) in [6.45, 7) is 18.7. The Balaban J connectivity index is -0.000000245. The summed E-state index contributed by atoms with van der Waals surface area (Å²) in [4.78, 5) is 2.48. The molecule has 0 aliphatic heterocycles. The number of rotatable bonds is 6. The monoisotopic (exact) mass is 217 g/mol. The molecule has 0 aromatic rings. The fourth-order valence-electron chi connectivity index (χ4n) is 1.13. The summed E-state index contributed by atoms with van der Waals surface area (Å²) in [5, 5.41) is 0. The maximum Gasteiger partial charge on any atom is -0.00190 e. The normalized spacial score (nSPS) is 8.80. The van der Waals surface area contributed by atoms with Crippen molar-refractivity contribution in [1.29, 1.82) is 0 Å². The van der Waals surface area contributed by atoms with Crippen LogP contribution in [0.1, 0.15) is 74.1 Å². The number of hydrogen-bond donors (Lipinski definition) is 0. The Morgan fingerprint density at radius 2 is 1.13 bits per heavy atom. The molecule has 96 valence electrons. The molecule has 0 unspecified atom stereocenters. The van der Waals surface area contributed by atoms with Gasteiger partial charge in [0.2, 0.25) is 0 Å². The number of unbranched alkanes of at least 4 members (excludes halogenated alkanes) is 2. The lowest BCUT2D eigenvalue weighted by atomic mass is 10.2. The number of nitrogens with zero attached hydrogens (tertiary/aromatic N) is 1. The lowest BCUT2D eigenvalue weighted by Crippen LogP contribution is -2.23. The van der Waals surface area contributed by atoms with Gasteiger partial charge in [-0.2, -0.15) is 0 Å². The summed E-state index contributed by atoms with van der Waals surface area (Å²) < 4.78 is 0. The minimum atomic E-state index is 1.21. The summed E-state index contributed by atoms with van der Waals surface area (Å²) in [6, 6.07) is 0. The largest absolute Gasteiger partial charge is 0.304 e. The van der Waals surface area contributed by atoms with Crippen molar-refractivity contribution in [3.05, 3.63) is 0 Å². The predicted octanol–water partition coefficient (Wildman–Crippen LogP) is 4.96. The molecule has 0 saturated heterocycles. The SMILES string of the molecule is CC.CCC.CCCCCN(CC)CC. The average Bonchev–Trinajstić information content (AvgIpc) is 2.28. The van der Waals surface area contributed by atoms with Crippen molar-refractivity contribution in [2.75, 3.05) is 19.6 Å². The van der Waals surface area contributed by atoms with Crippen LogP contribution < -0.4 is 0 Å². The Hall–Kier alpha value is -0.0400. The van der Waals surface area contributed by atoms with Crippen LogP contribution in [0, 0.1) is 0 Å². The van der Waals surface area contributed by atoms with Gasteiger partial charge in [0.05, 0.1) is 0 Å². The average molecular weight is 217 g/mol. The van der Waals surface area contributed by atoms with Crippen molar-refractivity contribution in [2.24, 2.45) is 0 Å². The Labute approximate surface area is 99.3 Å². The molecule has 0 atom stereocenters. The molecule has 1 nitrogen and oxygen atoms in total. The third kappa shape index (κ3) is 24.9. The molecule has 0 heterocycles. The van der Waals surface area contributed by atoms with Gasteiger partial charge in [-0.05, 0) is 26.1 Å². The molecule has 0 aromatic carbocycles. The van der Waals surface area contributed by atoms with Crippen LogP contribution in [-0.2, 0) is 0 Å². The van der Waals surface area contributed by atoms with E-state index in [4.69, 9.17) is 0 Å². The Morgan fingerprint density at radius 1 is 0.733 bits per heavy atom. The van der Waals surface area contributed by atoms with E-state index in [1.54, 1.807) is 0 Å². The molecule has 0 aliphatic rings. The van der Waals surface area contributed by atoms with E-state index >= 15 is 0 Å². The Morgan fingerprint density at radius 3 is 1.40 bits per heavy atom. The fraction of sp³-hybridized carbons (Fsp3) is 1.00. The summed E-state index contributed by atoms with van der Waals surface area (Å²) in [7, 11) is 0. The van der Waals surface area contributed by atoms with E-state index in [0.29, 0.717) is 0 Å². The Bertz CT molecular complexity index is 67.7. The van der Waals surface area contributed by atoms with Crippen LogP contribution in [0.25, 0.3) is 0 Å². The van der Waals surface area contributed by atoms with Crippen LogP contribution in [0.4, 0.5) is 0 Å². The molecule has 0 saturated carbocycles. The highest BCUT2D eigenvalue weighted by atomic mass is 15.1. The van der Waals surface area contributed by atoms with Crippen LogP contribution in [0.3, 0.4) is 0 Å². The van der Waals surface area contributed by atoms with Gasteiger partial charge < -0.3 is 4.90 Å². The van der Waals surface area contributed by atoms with Crippen molar-refractivity contribution < 1.29 is 0 Å². The standard InChI is InChI=1S/C9H21N.C3H8.C2H6/c1-4-7-8-9-10(5-2)6-3;1-3-2;1-2/h4-9H2,1-3H3;3H2,1-2H3;1-2H3. The molecule has 0 aromatic heterocycles. The van der Waals surface area contributed by atoms with E-state index in [1.165, 1.54) is 45.3 Å². The highest BCUT2D eigenvalue weighted by molar-refractivity contribution is 4.51. The third-order valence-corrected chi connectivity index (χ3v) is 1.97.